The highest BCUT2D eigenvalue weighted by Gasteiger charge is 2.21. The third-order valence-electron chi connectivity index (χ3n) is 2.18. The van der Waals surface area contributed by atoms with Crippen LogP contribution in [0.4, 0.5) is 4.79 Å². The minimum absolute atomic E-state index is 0.0248. The van der Waals surface area contributed by atoms with Crippen LogP contribution in [0.15, 0.2) is 29.5 Å². The van der Waals surface area contributed by atoms with Crippen LogP contribution in [0, 0.1) is 5.92 Å². The predicted octanol–water partition coefficient (Wildman–Crippen LogP) is 2.24. The monoisotopic (exact) mass is 237 g/mol. The van der Waals surface area contributed by atoms with Crippen LogP contribution in [-0.2, 0) is 14.4 Å². The van der Waals surface area contributed by atoms with Gasteiger partial charge in [-0.1, -0.05) is 30.3 Å². The van der Waals surface area contributed by atoms with Crippen molar-refractivity contribution in [2.75, 3.05) is 6.61 Å². The fourth-order valence-corrected chi connectivity index (χ4v) is 1.35. The van der Waals surface area contributed by atoms with E-state index in [1.165, 1.54) is 0 Å². The molecular weight excluding hydrogens is 222 g/mol. The molecule has 0 fully saturated rings. The van der Waals surface area contributed by atoms with Crippen LogP contribution in [-0.4, -0.2) is 24.3 Å². The van der Waals surface area contributed by atoms with E-state index in [1.807, 2.05) is 0 Å². The van der Waals surface area contributed by atoms with Gasteiger partial charge in [-0.3, -0.25) is 9.63 Å². The predicted molar refractivity (Wildman–Crippen MR) is 62.6 cm³/mol. The zero-order valence-electron chi connectivity index (χ0n) is 9.88. The molecule has 1 rings (SSSR count). The van der Waals surface area contributed by atoms with E-state index in [2.05, 4.69) is 14.7 Å². The summed E-state index contributed by atoms with van der Waals surface area (Å²) in [4.78, 5) is 27.1. The Bertz CT molecular complexity index is 382. The van der Waals surface area contributed by atoms with Crippen LogP contribution in [0.5, 0.6) is 0 Å². The number of Topliss-reactive ketones (excluding diaryl/α,β-unsaturated/α-hetero) is 1. The average Bonchev–Trinajstić information content (AvgIpc) is 2.36. The van der Waals surface area contributed by atoms with E-state index >= 15 is 0 Å². The molecule has 1 atom stereocenters. The number of nitrogens with zero attached hydrogens (tertiary/aromatic N) is 1. The third kappa shape index (κ3) is 3.86. The Morgan fingerprint density at radius 2 is 2.12 bits per heavy atom. The third-order valence-corrected chi connectivity index (χ3v) is 2.18. The lowest BCUT2D eigenvalue weighted by molar-refractivity contribution is -0.119. The maximum absolute atomic E-state index is 11.6. The van der Waals surface area contributed by atoms with Gasteiger partial charge in [-0.15, -0.1) is 0 Å². The molecule has 0 bridgehead atoms. The molecule has 0 N–H and O–H groups in total. The van der Waals surface area contributed by atoms with Crippen LogP contribution < -0.4 is 0 Å². The quantitative estimate of drug-likeness (QED) is 0.427. The second-order valence-electron chi connectivity index (χ2n) is 3.33. The summed E-state index contributed by atoms with van der Waals surface area (Å²) in [5.41, 5.74) is 0.410. The molecular formula is C12H15NO4. The van der Waals surface area contributed by atoms with Gasteiger partial charge < -0.3 is 4.74 Å². The number of ether oxygens (including phenoxy) is 1. The highest BCUT2D eigenvalue weighted by molar-refractivity contribution is 6.12. The first kappa shape index (κ1) is 13.2. The zero-order chi connectivity index (χ0) is 12.7. The van der Waals surface area contributed by atoms with Crippen molar-refractivity contribution < 1.29 is 19.2 Å². The van der Waals surface area contributed by atoms with Crippen LogP contribution in [0.1, 0.15) is 20.3 Å². The van der Waals surface area contributed by atoms with E-state index in [9.17, 15) is 9.59 Å². The molecule has 17 heavy (non-hydrogen) atoms. The van der Waals surface area contributed by atoms with Crippen LogP contribution in [0.2, 0.25) is 0 Å². The highest BCUT2D eigenvalue weighted by Crippen LogP contribution is 2.13. The maximum atomic E-state index is 11.6. The number of allylic oxidation sites excluding steroid dienone is 4. The zero-order valence-corrected chi connectivity index (χ0v) is 9.88. The van der Waals surface area contributed by atoms with Crippen LogP contribution >= 0.6 is 0 Å². The lowest BCUT2D eigenvalue weighted by atomic mass is 9.93. The Kier molecular flexibility index (Phi) is 5.13. The van der Waals surface area contributed by atoms with Gasteiger partial charge in [-0.25, -0.2) is 4.79 Å². The molecule has 1 aliphatic rings. The second kappa shape index (κ2) is 6.62. The molecule has 1 aliphatic carbocycles. The molecule has 5 heteroatoms. The Morgan fingerprint density at radius 1 is 1.35 bits per heavy atom. The fourth-order valence-electron chi connectivity index (χ4n) is 1.35. The largest absolute Gasteiger partial charge is 0.535 e. The van der Waals surface area contributed by atoms with Crippen LogP contribution in [0.25, 0.3) is 0 Å². The highest BCUT2D eigenvalue weighted by atomic mass is 16.8. The van der Waals surface area contributed by atoms with E-state index in [0.717, 1.165) is 0 Å². The minimum Gasteiger partial charge on any atom is -0.433 e. The van der Waals surface area contributed by atoms with Gasteiger partial charge in [0.25, 0.3) is 0 Å². The summed E-state index contributed by atoms with van der Waals surface area (Å²) in [6.45, 7) is 3.66. The standard InChI is InChI=1S/C12H15NO4/c1-3-11(14)9-7-5-6-8-10(9)13-17-12(15)16-4-2/h5-9H,3-4H2,1-2H3. The van der Waals surface area contributed by atoms with E-state index in [0.29, 0.717) is 12.1 Å². The maximum Gasteiger partial charge on any atom is 0.535 e. The Morgan fingerprint density at radius 3 is 2.76 bits per heavy atom. The van der Waals surface area contributed by atoms with Crippen LogP contribution in [0.3, 0.4) is 0 Å². The number of carbonyl (C=O) groups is 2. The Hall–Kier alpha value is -1.91. The lowest BCUT2D eigenvalue weighted by Crippen LogP contribution is -2.22. The number of ketones is 1. The summed E-state index contributed by atoms with van der Waals surface area (Å²) >= 11 is 0. The van der Waals surface area contributed by atoms with Crippen molar-refractivity contribution in [2.45, 2.75) is 20.3 Å². The minimum atomic E-state index is -0.870. The summed E-state index contributed by atoms with van der Waals surface area (Å²) < 4.78 is 4.56. The molecule has 0 saturated carbocycles. The fraction of sp³-hybridized carbons (Fsp3) is 0.417. The normalized spacial score (nSPS) is 20.4. The van der Waals surface area contributed by atoms with Gasteiger partial charge >= 0.3 is 6.16 Å². The molecule has 0 aromatic heterocycles. The molecule has 0 aliphatic heterocycles. The summed E-state index contributed by atoms with van der Waals surface area (Å²) in [5.74, 6) is -0.420. The first-order valence-corrected chi connectivity index (χ1v) is 5.48. The first-order chi connectivity index (χ1) is 8.19. The van der Waals surface area contributed by atoms with Crippen molar-refractivity contribution in [3.63, 3.8) is 0 Å². The summed E-state index contributed by atoms with van der Waals surface area (Å²) in [6, 6.07) is 0. The Labute approximate surface area is 99.8 Å². The first-order valence-electron chi connectivity index (χ1n) is 5.48. The number of rotatable bonds is 4. The van der Waals surface area contributed by atoms with Gasteiger partial charge in [0, 0.05) is 6.42 Å². The van der Waals surface area contributed by atoms with Gasteiger partial charge in [-0.05, 0) is 13.0 Å². The summed E-state index contributed by atoms with van der Waals surface area (Å²) in [5, 5.41) is 3.64. The number of hydrogen-bond donors (Lipinski definition) is 0. The van der Waals surface area contributed by atoms with Crippen molar-refractivity contribution in [1.29, 1.82) is 0 Å². The second-order valence-corrected chi connectivity index (χ2v) is 3.33. The molecule has 0 radical (unpaired) electrons. The molecule has 0 amide bonds. The average molecular weight is 237 g/mol. The van der Waals surface area contributed by atoms with Gasteiger partial charge in [-0.2, -0.15) is 0 Å². The molecule has 0 saturated heterocycles. The number of oxime groups is 1. The molecule has 1 unspecified atom stereocenters. The summed E-state index contributed by atoms with van der Waals surface area (Å²) in [6.07, 6.45) is 6.39. The van der Waals surface area contributed by atoms with E-state index in [-0.39, 0.29) is 12.4 Å². The van der Waals surface area contributed by atoms with Gasteiger partial charge in [0.05, 0.1) is 18.2 Å². The van der Waals surface area contributed by atoms with E-state index in [1.54, 1.807) is 38.2 Å². The topological polar surface area (TPSA) is 65.0 Å². The van der Waals surface area contributed by atoms with Gasteiger partial charge in [0.1, 0.15) is 5.78 Å². The van der Waals surface area contributed by atoms with Crippen molar-refractivity contribution in [1.82, 2.24) is 0 Å². The molecule has 0 spiro atoms. The number of hydrogen-bond acceptors (Lipinski definition) is 5. The molecule has 0 aromatic rings. The Balaban J connectivity index is 2.69. The van der Waals surface area contributed by atoms with Crippen molar-refractivity contribution in [3.8, 4) is 0 Å². The molecule has 0 aromatic carbocycles. The van der Waals surface area contributed by atoms with E-state index in [4.69, 9.17) is 0 Å². The lowest BCUT2D eigenvalue weighted by Gasteiger charge is -2.12. The molecule has 5 nitrogen and oxygen atoms in total. The SMILES string of the molecule is CCOC(=O)ON=C1C=CC=CC1C(=O)CC. The smallest absolute Gasteiger partial charge is 0.433 e. The molecule has 92 valence electrons. The van der Waals surface area contributed by atoms with Gasteiger partial charge in [0.2, 0.25) is 0 Å². The van der Waals surface area contributed by atoms with E-state index < -0.39 is 12.1 Å². The van der Waals surface area contributed by atoms with Crippen molar-refractivity contribution in [2.24, 2.45) is 11.1 Å². The summed E-state index contributed by atoms with van der Waals surface area (Å²) in [7, 11) is 0. The van der Waals surface area contributed by atoms with Gasteiger partial charge in [0.15, 0.2) is 0 Å². The van der Waals surface area contributed by atoms with Crippen molar-refractivity contribution in [3.05, 3.63) is 24.3 Å². The van der Waals surface area contributed by atoms with Crippen molar-refractivity contribution >= 4 is 17.7 Å². The number of carbonyl (C=O) groups excluding carboxylic acids is 2. The molecule has 0 heterocycles.